The standard InChI is InChI=1S/C25H35NO2/c1-2-3-19-4-6-20(7-5-19)8-9-21-10-14-23(15-11-21)25(27)28-24-16-12-22(18-26)13-17-24/h12-13,16-17,19-21,23H,2-11,14-15H2,1H3/t19-,20-,21?,23?. The van der Waals surface area contributed by atoms with Crippen LogP contribution in [-0.4, -0.2) is 5.97 Å². The maximum absolute atomic E-state index is 12.4. The molecule has 2 aliphatic rings. The molecule has 3 rings (SSSR count). The molecule has 0 N–H and O–H groups in total. The topological polar surface area (TPSA) is 50.1 Å². The van der Waals surface area contributed by atoms with Crippen LogP contribution in [0.5, 0.6) is 5.75 Å². The summed E-state index contributed by atoms with van der Waals surface area (Å²) < 4.78 is 5.53. The monoisotopic (exact) mass is 381 g/mol. The molecule has 2 fully saturated rings. The highest BCUT2D eigenvalue weighted by atomic mass is 16.5. The van der Waals surface area contributed by atoms with Gasteiger partial charge in [-0.2, -0.15) is 5.26 Å². The Labute approximate surface area is 170 Å². The fourth-order valence-corrected chi connectivity index (χ4v) is 5.17. The molecular weight excluding hydrogens is 346 g/mol. The van der Waals surface area contributed by atoms with Crippen molar-refractivity contribution in [1.29, 1.82) is 5.26 Å². The van der Waals surface area contributed by atoms with Gasteiger partial charge in [0.15, 0.2) is 0 Å². The Balaban J connectivity index is 1.34. The van der Waals surface area contributed by atoms with E-state index in [0.29, 0.717) is 11.3 Å². The van der Waals surface area contributed by atoms with Gasteiger partial charge in [-0.25, -0.2) is 0 Å². The summed E-state index contributed by atoms with van der Waals surface area (Å²) in [4.78, 5) is 12.4. The summed E-state index contributed by atoms with van der Waals surface area (Å²) in [5.41, 5.74) is 0.583. The number of carbonyl (C=O) groups excluding carboxylic acids is 1. The van der Waals surface area contributed by atoms with Crippen molar-refractivity contribution in [1.82, 2.24) is 0 Å². The third-order valence-electron chi connectivity index (χ3n) is 7.03. The molecule has 28 heavy (non-hydrogen) atoms. The summed E-state index contributed by atoms with van der Waals surface area (Å²) in [7, 11) is 0. The van der Waals surface area contributed by atoms with E-state index in [2.05, 4.69) is 13.0 Å². The average Bonchev–Trinajstić information content (AvgIpc) is 2.74. The van der Waals surface area contributed by atoms with Crippen molar-refractivity contribution in [3.05, 3.63) is 29.8 Å². The Hall–Kier alpha value is -1.82. The molecule has 0 unspecified atom stereocenters. The van der Waals surface area contributed by atoms with E-state index in [1.807, 2.05) is 0 Å². The maximum atomic E-state index is 12.4. The fourth-order valence-electron chi connectivity index (χ4n) is 5.17. The summed E-state index contributed by atoms with van der Waals surface area (Å²) in [5.74, 6) is 3.23. The lowest BCUT2D eigenvalue weighted by Crippen LogP contribution is -2.26. The van der Waals surface area contributed by atoms with Crippen molar-refractivity contribution in [2.75, 3.05) is 0 Å². The predicted molar refractivity (Wildman–Crippen MR) is 112 cm³/mol. The molecule has 0 amide bonds. The summed E-state index contributed by atoms with van der Waals surface area (Å²) in [6.07, 6.45) is 15.5. The number of hydrogen-bond acceptors (Lipinski definition) is 3. The molecule has 0 radical (unpaired) electrons. The Morgan fingerprint density at radius 3 is 1.89 bits per heavy atom. The summed E-state index contributed by atoms with van der Waals surface area (Å²) in [6.45, 7) is 2.31. The molecule has 2 aliphatic carbocycles. The highest BCUT2D eigenvalue weighted by Gasteiger charge is 2.28. The predicted octanol–water partition coefficient (Wildman–Crippen LogP) is 6.66. The molecule has 0 aromatic heterocycles. The number of nitrogens with zero attached hydrogens (tertiary/aromatic N) is 1. The van der Waals surface area contributed by atoms with Gasteiger partial charge in [-0.15, -0.1) is 0 Å². The van der Waals surface area contributed by atoms with E-state index in [9.17, 15) is 4.79 Å². The second-order valence-electron chi connectivity index (χ2n) is 9.03. The van der Waals surface area contributed by atoms with Gasteiger partial charge in [0.25, 0.3) is 0 Å². The zero-order chi connectivity index (χ0) is 19.8. The molecule has 0 heterocycles. The molecule has 0 aliphatic heterocycles. The second kappa shape index (κ2) is 10.6. The third-order valence-corrected chi connectivity index (χ3v) is 7.03. The van der Waals surface area contributed by atoms with Crippen LogP contribution in [0, 0.1) is 35.0 Å². The van der Waals surface area contributed by atoms with Crippen LogP contribution in [0.4, 0.5) is 0 Å². The molecule has 1 aromatic carbocycles. The van der Waals surface area contributed by atoms with Crippen molar-refractivity contribution in [3.8, 4) is 11.8 Å². The SMILES string of the molecule is CCC[C@H]1CC[C@H](CCC2CCC(C(=O)Oc3ccc(C#N)cc3)CC2)CC1. The van der Waals surface area contributed by atoms with E-state index in [0.717, 1.165) is 43.4 Å². The van der Waals surface area contributed by atoms with Crippen molar-refractivity contribution in [2.24, 2.45) is 23.7 Å². The molecule has 0 bridgehead atoms. The number of rotatable bonds is 7. The van der Waals surface area contributed by atoms with E-state index >= 15 is 0 Å². The Morgan fingerprint density at radius 2 is 1.39 bits per heavy atom. The van der Waals surface area contributed by atoms with Gasteiger partial charge in [0.1, 0.15) is 5.75 Å². The lowest BCUT2D eigenvalue weighted by atomic mass is 9.75. The normalized spacial score (nSPS) is 27.7. The van der Waals surface area contributed by atoms with Crippen LogP contribution in [0.25, 0.3) is 0 Å². The van der Waals surface area contributed by atoms with Gasteiger partial charge in [-0.1, -0.05) is 58.3 Å². The lowest BCUT2D eigenvalue weighted by Gasteiger charge is -2.31. The summed E-state index contributed by atoms with van der Waals surface area (Å²) in [6, 6.07) is 8.87. The summed E-state index contributed by atoms with van der Waals surface area (Å²) >= 11 is 0. The van der Waals surface area contributed by atoms with Crippen molar-refractivity contribution < 1.29 is 9.53 Å². The van der Waals surface area contributed by atoms with Gasteiger partial charge in [0.2, 0.25) is 0 Å². The Kier molecular flexibility index (Phi) is 7.95. The van der Waals surface area contributed by atoms with Crippen LogP contribution in [0.15, 0.2) is 24.3 Å². The number of esters is 1. The number of ether oxygens (including phenoxy) is 1. The third kappa shape index (κ3) is 6.09. The van der Waals surface area contributed by atoms with Crippen molar-refractivity contribution in [3.63, 3.8) is 0 Å². The van der Waals surface area contributed by atoms with E-state index in [1.54, 1.807) is 24.3 Å². The van der Waals surface area contributed by atoms with Crippen LogP contribution in [0.3, 0.4) is 0 Å². The first-order valence-corrected chi connectivity index (χ1v) is 11.4. The van der Waals surface area contributed by atoms with E-state index < -0.39 is 0 Å². The molecule has 0 saturated heterocycles. The zero-order valence-corrected chi connectivity index (χ0v) is 17.4. The minimum absolute atomic E-state index is 0.0383. The number of hydrogen-bond donors (Lipinski definition) is 0. The highest BCUT2D eigenvalue weighted by molar-refractivity contribution is 5.75. The quantitative estimate of drug-likeness (QED) is 0.392. The van der Waals surface area contributed by atoms with Crippen LogP contribution >= 0.6 is 0 Å². The minimum Gasteiger partial charge on any atom is -0.426 e. The van der Waals surface area contributed by atoms with Gasteiger partial charge in [0.05, 0.1) is 17.6 Å². The molecule has 3 heteroatoms. The fraction of sp³-hybridized carbons (Fsp3) is 0.680. The maximum Gasteiger partial charge on any atom is 0.314 e. The van der Waals surface area contributed by atoms with Crippen molar-refractivity contribution >= 4 is 5.97 Å². The van der Waals surface area contributed by atoms with E-state index in [1.165, 1.54) is 51.4 Å². The number of carbonyl (C=O) groups is 1. The molecule has 152 valence electrons. The van der Waals surface area contributed by atoms with Gasteiger partial charge in [-0.05, 0) is 67.7 Å². The Morgan fingerprint density at radius 1 is 0.893 bits per heavy atom. The Bertz CT molecular complexity index is 644. The average molecular weight is 382 g/mol. The smallest absolute Gasteiger partial charge is 0.314 e. The van der Waals surface area contributed by atoms with Gasteiger partial charge >= 0.3 is 5.97 Å². The number of benzene rings is 1. The lowest BCUT2D eigenvalue weighted by molar-refractivity contribution is -0.140. The van der Waals surface area contributed by atoms with Gasteiger partial charge in [0, 0.05) is 0 Å². The first kappa shape index (κ1) is 20.9. The van der Waals surface area contributed by atoms with Gasteiger partial charge in [-0.3, -0.25) is 4.79 Å². The highest BCUT2D eigenvalue weighted by Crippen LogP contribution is 2.37. The molecule has 1 aromatic rings. The van der Waals surface area contributed by atoms with E-state index in [4.69, 9.17) is 10.00 Å². The molecule has 3 nitrogen and oxygen atoms in total. The molecule has 0 atom stereocenters. The molecular formula is C25H35NO2. The largest absolute Gasteiger partial charge is 0.426 e. The van der Waals surface area contributed by atoms with Crippen LogP contribution in [-0.2, 0) is 4.79 Å². The van der Waals surface area contributed by atoms with E-state index in [-0.39, 0.29) is 11.9 Å². The zero-order valence-electron chi connectivity index (χ0n) is 17.4. The molecule has 2 saturated carbocycles. The molecule has 0 spiro atoms. The first-order chi connectivity index (χ1) is 13.7. The second-order valence-corrected chi connectivity index (χ2v) is 9.03. The number of nitriles is 1. The summed E-state index contributed by atoms with van der Waals surface area (Å²) in [5, 5.41) is 8.84. The van der Waals surface area contributed by atoms with Crippen LogP contribution < -0.4 is 4.74 Å². The first-order valence-electron chi connectivity index (χ1n) is 11.4. The van der Waals surface area contributed by atoms with Crippen LogP contribution in [0.2, 0.25) is 0 Å². The van der Waals surface area contributed by atoms with Gasteiger partial charge < -0.3 is 4.74 Å². The minimum atomic E-state index is -0.0996. The van der Waals surface area contributed by atoms with Crippen LogP contribution in [0.1, 0.15) is 89.5 Å². The van der Waals surface area contributed by atoms with Crippen molar-refractivity contribution in [2.45, 2.75) is 84.0 Å².